The van der Waals surface area contributed by atoms with E-state index in [1.807, 2.05) is 11.8 Å². The van der Waals surface area contributed by atoms with E-state index in [0.29, 0.717) is 11.3 Å². The molecule has 0 radical (unpaired) electrons. The van der Waals surface area contributed by atoms with E-state index in [9.17, 15) is 0 Å². The van der Waals surface area contributed by atoms with Crippen LogP contribution in [0.3, 0.4) is 0 Å². The molecule has 1 aliphatic carbocycles. The van der Waals surface area contributed by atoms with Crippen molar-refractivity contribution in [1.29, 1.82) is 0 Å². The van der Waals surface area contributed by atoms with E-state index in [0.717, 1.165) is 30.2 Å². The molecule has 0 aromatic carbocycles. The maximum Gasteiger partial charge on any atom is 0.156 e. The minimum atomic E-state index is 0.602. The lowest BCUT2D eigenvalue weighted by Crippen LogP contribution is -2.40. The Hall–Kier alpha value is -0.220. The topological polar surface area (TPSA) is 27.6 Å². The minimum absolute atomic E-state index is 0.602. The molecule has 2 atom stereocenters. The molecule has 1 heterocycles. The summed E-state index contributed by atoms with van der Waals surface area (Å²) in [4.78, 5) is 7.11. The molecule has 0 amide bonds. The highest BCUT2D eigenvalue weighted by atomic mass is 32.2. The summed E-state index contributed by atoms with van der Waals surface area (Å²) in [6, 6.07) is 1.44. The number of hydrogen-bond acceptors (Lipinski definition) is 4. The molecule has 2 rings (SSSR count). The van der Waals surface area contributed by atoms with Crippen LogP contribution in [0.4, 0.5) is 0 Å². The minimum Gasteiger partial charge on any atom is -0.363 e. The first-order chi connectivity index (χ1) is 8.56. The summed E-state index contributed by atoms with van der Waals surface area (Å²) in [7, 11) is 2.25. The van der Waals surface area contributed by atoms with Gasteiger partial charge in [0.15, 0.2) is 5.17 Å². The third-order valence-corrected chi connectivity index (χ3v) is 4.99. The highest BCUT2D eigenvalue weighted by Crippen LogP contribution is 2.27. The Morgan fingerprint density at radius 3 is 2.72 bits per heavy atom. The standard InChI is InChI=1S/C14H27N3S/c1-10(2)7-13-9-16-14(18-13)15-8-11(3)17(4)12-5-6-12/h10-13H,5-9H2,1-4H3,(H,15,16). The molecule has 1 N–H and O–H groups in total. The van der Waals surface area contributed by atoms with Crippen LogP contribution >= 0.6 is 11.8 Å². The Balaban J connectivity index is 1.65. The second-order valence-electron chi connectivity index (χ2n) is 6.14. The van der Waals surface area contributed by atoms with Crippen molar-refractivity contribution in [2.45, 2.75) is 57.4 Å². The van der Waals surface area contributed by atoms with Crippen molar-refractivity contribution in [1.82, 2.24) is 10.2 Å². The molecular weight excluding hydrogens is 242 g/mol. The predicted octanol–water partition coefficient (Wildman–Crippen LogP) is 2.58. The molecule has 2 aliphatic rings. The average Bonchev–Trinajstić information content (AvgIpc) is 3.07. The molecule has 0 bridgehead atoms. The molecule has 3 nitrogen and oxygen atoms in total. The SMILES string of the molecule is CC(C)CC1CN=C(NCC(C)N(C)C2CC2)S1. The van der Waals surface area contributed by atoms with Gasteiger partial charge in [-0.1, -0.05) is 25.6 Å². The summed E-state index contributed by atoms with van der Waals surface area (Å²) in [6.07, 6.45) is 4.04. The van der Waals surface area contributed by atoms with Gasteiger partial charge in [-0.05, 0) is 39.2 Å². The van der Waals surface area contributed by atoms with E-state index in [1.165, 1.54) is 19.3 Å². The van der Waals surface area contributed by atoms with E-state index in [2.05, 4.69) is 43.0 Å². The van der Waals surface area contributed by atoms with Gasteiger partial charge < -0.3 is 5.32 Å². The van der Waals surface area contributed by atoms with Crippen molar-refractivity contribution in [2.24, 2.45) is 10.9 Å². The second kappa shape index (κ2) is 6.29. The lowest BCUT2D eigenvalue weighted by Gasteiger charge is -2.25. The fraction of sp³-hybridized carbons (Fsp3) is 0.929. The van der Waals surface area contributed by atoms with Crippen molar-refractivity contribution in [2.75, 3.05) is 20.1 Å². The van der Waals surface area contributed by atoms with Gasteiger partial charge in [0, 0.05) is 23.9 Å². The summed E-state index contributed by atoms with van der Waals surface area (Å²) in [5, 5.41) is 5.38. The zero-order valence-electron chi connectivity index (χ0n) is 12.1. The van der Waals surface area contributed by atoms with E-state index in [1.54, 1.807) is 0 Å². The highest BCUT2D eigenvalue weighted by Gasteiger charge is 2.29. The van der Waals surface area contributed by atoms with Crippen molar-refractivity contribution in [3.8, 4) is 0 Å². The molecule has 0 aromatic heterocycles. The van der Waals surface area contributed by atoms with Crippen molar-refractivity contribution >= 4 is 16.9 Å². The molecular formula is C14H27N3S. The molecule has 0 spiro atoms. The van der Waals surface area contributed by atoms with Crippen LogP contribution in [0.1, 0.15) is 40.0 Å². The number of aliphatic imine (C=N–C) groups is 1. The number of amidine groups is 1. The Morgan fingerprint density at radius 1 is 1.39 bits per heavy atom. The Morgan fingerprint density at radius 2 is 2.11 bits per heavy atom. The van der Waals surface area contributed by atoms with Gasteiger partial charge in [0.05, 0.1) is 6.54 Å². The summed E-state index contributed by atoms with van der Waals surface area (Å²) in [6.45, 7) is 8.90. The number of rotatable bonds is 6. The van der Waals surface area contributed by atoms with Crippen LogP contribution in [0.15, 0.2) is 4.99 Å². The number of hydrogen-bond donors (Lipinski definition) is 1. The first kappa shape index (κ1) is 14.2. The van der Waals surface area contributed by atoms with E-state index < -0.39 is 0 Å². The predicted molar refractivity (Wildman–Crippen MR) is 81.4 cm³/mol. The van der Waals surface area contributed by atoms with Crippen LogP contribution in [-0.2, 0) is 0 Å². The van der Waals surface area contributed by atoms with Crippen LogP contribution in [0, 0.1) is 5.92 Å². The molecule has 4 heteroatoms. The second-order valence-corrected chi connectivity index (χ2v) is 7.43. The summed E-state index contributed by atoms with van der Waals surface area (Å²) in [5.74, 6) is 0.775. The molecule has 18 heavy (non-hydrogen) atoms. The third kappa shape index (κ3) is 4.16. The molecule has 1 saturated carbocycles. The number of nitrogens with zero attached hydrogens (tertiary/aromatic N) is 2. The Bertz CT molecular complexity index is 299. The number of likely N-dealkylation sites (N-methyl/N-ethyl adjacent to an activating group) is 1. The summed E-state index contributed by atoms with van der Waals surface area (Å²) in [5.41, 5.74) is 0. The molecule has 0 aromatic rings. The molecule has 104 valence electrons. The van der Waals surface area contributed by atoms with Crippen LogP contribution in [0.2, 0.25) is 0 Å². The monoisotopic (exact) mass is 269 g/mol. The van der Waals surface area contributed by atoms with Gasteiger partial charge >= 0.3 is 0 Å². The van der Waals surface area contributed by atoms with Crippen LogP contribution in [0.25, 0.3) is 0 Å². The third-order valence-electron chi connectivity index (χ3n) is 3.82. The molecule has 2 unspecified atom stereocenters. The molecule has 1 aliphatic heterocycles. The van der Waals surface area contributed by atoms with Crippen molar-refractivity contribution < 1.29 is 0 Å². The largest absolute Gasteiger partial charge is 0.363 e. The number of thioether (sulfide) groups is 1. The van der Waals surface area contributed by atoms with E-state index in [4.69, 9.17) is 0 Å². The fourth-order valence-corrected chi connectivity index (χ4v) is 3.65. The van der Waals surface area contributed by atoms with Crippen LogP contribution in [-0.4, -0.2) is 47.5 Å². The maximum atomic E-state index is 4.61. The van der Waals surface area contributed by atoms with Gasteiger partial charge in [0.25, 0.3) is 0 Å². The van der Waals surface area contributed by atoms with Gasteiger partial charge in [-0.2, -0.15) is 0 Å². The van der Waals surface area contributed by atoms with Gasteiger partial charge in [-0.25, -0.2) is 0 Å². The van der Waals surface area contributed by atoms with E-state index >= 15 is 0 Å². The van der Waals surface area contributed by atoms with Crippen molar-refractivity contribution in [3.05, 3.63) is 0 Å². The highest BCUT2D eigenvalue weighted by molar-refractivity contribution is 8.14. The lowest BCUT2D eigenvalue weighted by molar-refractivity contribution is 0.248. The average molecular weight is 269 g/mol. The van der Waals surface area contributed by atoms with E-state index in [-0.39, 0.29) is 0 Å². The van der Waals surface area contributed by atoms with Crippen molar-refractivity contribution in [3.63, 3.8) is 0 Å². The van der Waals surface area contributed by atoms with Gasteiger partial charge in [-0.3, -0.25) is 9.89 Å². The Kier molecular flexibility index (Phi) is 4.96. The van der Waals surface area contributed by atoms with Gasteiger partial charge in [-0.15, -0.1) is 0 Å². The quantitative estimate of drug-likeness (QED) is 0.803. The molecule has 0 saturated heterocycles. The zero-order valence-corrected chi connectivity index (χ0v) is 13.0. The fourth-order valence-electron chi connectivity index (χ4n) is 2.38. The lowest BCUT2D eigenvalue weighted by atomic mass is 10.1. The normalized spacial score (nSPS) is 25.7. The summed E-state index contributed by atoms with van der Waals surface area (Å²) >= 11 is 1.94. The number of nitrogens with one attached hydrogen (secondary N) is 1. The maximum absolute atomic E-state index is 4.61. The van der Waals surface area contributed by atoms with Gasteiger partial charge in [0.1, 0.15) is 0 Å². The van der Waals surface area contributed by atoms with Gasteiger partial charge in [0.2, 0.25) is 0 Å². The zero-order chi connectivity index (χ0) is 13.1. The first-order valence-corrected chi connectivity index (χ1v) is 8.11. The smallest absolute Gasteiger partial charge is 0.156 e. The summed E-state index contributed by atoms with van der Waals surface area (Å²) < 4.78 is 0. The van der Waals surface area contributed by atoms with Crippen LogP contribution < -0.4 is 5.32 Å². The van der Waals surface area contributed by atoms with Crippen LogP contribution in [0.5, 0.6) is 0 Å². The Labute approximate surface area is 116 Å². The molecule has 1 fully saturated rings. The first-order valence-electron chi connectivity index (χ1n) is 7.23.